The SMILES string of the molecule is CC.COCC(Oc1cc(/C(=N/N)C(C)=NC2CCNCC2)cc2ncc(C#N)n12)c1ccccn1. The number of aliphatic imine (C=N–C) groups is 1. The fourth-order valence-electron chi connectivity index (χ4n) is 4.07. The maximum atomic E-state index is 9.63. The molecule has 0 spiro atoms. The molecule has 1 aliphatic rings. The van der Waals surface area contributed by atoms with Crippen molar-refractivity contribution in [2.24, 2.45) is 15.9 Å². The van der Waals surface area contributed by atoms with Crippen LogP contribution in [0.3, 0.4) is 0 Å². The molecule has 0 aliphatic carbocycles. The summed E-state index contributed by atoms with van der Waals surface area (Å²) in [4.78, 5) is 13.7. The molecular weight excluding hydrogens is 456 g/mol. The summed E-state index contributed by atoms with van der Waals surface area (Å²) in [6.07, 6.45) is 4.65. The highest BCUT2D eigenvalue weighted by molar-refractivity contribution is 6.47. The van der Waals surface area contributed by atoms with Gasteiger partial charge in [-0.1, -0.05) is 19.9 Å². The van der Waals surface area contributed by atoms with Gasteiger partial charge in [0.15, 0.2) is 6.10 Å². The number of methoxy groups -OCH3 is 1. The quantitative estimate of drug-likeness (QED) is 0.281. The number of nitrogens with two attached hydrogens (primary N) is 1. The molecule has 0 aromatic carbocycles. The van der Waals surface area contributed by atoms with Crippen molar-refractivity contribution in [3.8, 4) is 11.9 Å². The number of fused-ring (bicyclic) bond motifs is 1. The summed E-state index contributed by atoms with van der Waals surface area (Å²) in [6, 6.07) is 11.6. The first kappa shape index (κ1) is 26.8. The van der Waals surface area contributed by atoms with Gasteiger partial charge in [0.05, 0.1) is 30.3 Å². The Kier molecular flexibility index (Phi) is 9.92. The van der Waals surface area contributed by atoms with Gasteiger partial charge < -0.3 is 20.6 Å². The van der Waals surface area contributed by atoms with Gasteiger partial charge in [-0.15, -0.1) is 0 Å². The lowest BCUT2D eigenvalue weighted by Gasteiger charge is -2.21. The minimum Gasteiger partial charge on any atom is -0.466 e. The maximum Gasteiger partial charge on any atom is 0.201 e. The molecule has 3 aromatic rings. The number of aromatic nitrogens is 3. The van der Waals surface area contributed by atoms with Crippen LogP contribution in [0.5, 0.6) is 5.88 Å². The highest BCUT2D eigenvalue weighted by atomic mass is 16.5. The summed E-state index contributed by atoms with van der Waals surface area (Å²) >= 11 is 0. The predicted octanol–water partition coefficient (Wildman–Crippen LogP) is 3.27. The van der Waals surface area contributed by atoms with Crippen molar-refractivity contribution in [2.45, 2.75) is 45.8 Å². The lowest BCUT2D eigenvalue weighted by molar-refractivity contribution is 0.0743. The topological polar surface area (TPSA) is 135 Å². The molecule has 0 saturated carbocycles. The molecule has 4 rings (SSSR count). The molecule has 10 heteroatoms. The molecule has 0 amide bonds. The van der Waals surface area contributed by atoms with Crippen LogP contribution in [-0.4, -0.2) is 58.6 Å². The number of nitrogens with zero attached hydrogens (tertiary/aromatic N) is 6. The summed E-state index contributed by atoms with van der Waals surface area (Å²) < 4.78 is 13.4. The molecule has 190 valence electrons. The number of rotatable bonds is 8. The number of hydrazone groups is 1. The van der Waals surface area contributed by atoms with Crippen LogP contribution in [0.2, 0.25) is 0 Å². The first-order valence-electron chi connectivity index (χ1n) is 12.2. The second-order valence-electron chi connectivity index (χ2n) is 8.02. The largest absolute Gasteiger partial charge is 0.466 e. The lowest BCUT2D eigenvalue weighted by atomic mass is 10.0. The Morgan fingerprint density at radius 3 is 2.69 bits per heavy atom. The standard InChI is InChI=1S/C24H28N8O2.C2H6/c1-16(30-18-6-9-27-10-7-18)24(31-26)17-11-22-29-14-19(13-25)32(22)23(12-17)34-21(15-33-2)20-5-3-4-8-28-20;1-2/h3-5,8,11-12,14,18,21,27H,6-7,9-10,15,26H2,1-2H3;1-2H3/b30-16?,31-24+;. The molecule has 3 aromatic heterocycles. The zero-order chi connectivity index (χ0) is 25.9. The molecule has 4 heterocycles. The predicted molar refractivity (Wildman–Crippen MR) is 140 cm³/mol. The minimum absolute atomic E-state index is 0.226. The van der Waals surface area contributed by atoms with E-state index in [-0.39, 0.29) is 12.6 Å². The van der Waals surface area contributed by atoms with E-state index in [1.54, 1.807) is 23.8 Å². The Labute approximate surface area is 211 Å². The van der Waals surface area contributed by atoms with E-state index < -0.39 is 6.10 Å². The number of nitriles is 1. The molecule has 0 radical (unpaired) electrons. The molecular formula is C26H34N8O2. The highest BCUT2D eigenvalue weighted by Gasteiger charge is 2.21. The first-order valence-corrected chi connectivity index (χ1v) is 12.2. The molecule has 1 fully saturated rings. The average molecular weight is 491 g/mol. The number of piperidine rings is 1. The smallest absolute Gasteiger partial charge is 0.201 e. The van der Waals surface area contributed by atoms with Crippen LogP contribution < -0.4 is 15.9 Å². The number of hydrogen-bond acceptors (Lipinski definition) is 9. The summed E-state index contributed by atoms with van der Waals surface area (Å²) in [7, 11) is 1.60. The zero-order valence-corrected chi connectivity index (χ0v) is 21.3. The Bertz CT molecular complexity index is 1220. The Hall–Kier alpha value is -3.81. The number of imidazole rings is 1. The highest BCUT2D eigenvalue weighted by Crippen LogP contribution is 2.26. The first-order chi connectivity index (χ1) is 17.6. The van der Waals surface area contributed by atoms with E-state index in [2.05, 4.69) is 26.5 Å². The number of pyridine rings is 2. The van der Waals surface area contributed by atoms with Gasteiger partial charge in [-0.05, 0) is 51.1 Å². The molecule has 3 N–H and O–H groups in total. The van der Waals surface area contributed by atoms with Crippen molar-refractivity contribution >= 4 is 17.1 Å². The second kappa shape index (κ2) is 13.3. The van der Waals surface area contributed by atoms with E-state index >= 15 is 0 Å². The van der Waals surface area contributed by atoms with Crippen molar-refractivity contribution in [3.05, 3.63) is 59.7 Å². The Balaban J connectivity index is 0.00000176. The Morgan fingerprint density at radius 2 is 2.06 bits per heavy atom. The lowest BCUT2D eigenvalue weighted by Crippen LogP contribution is -2.31. The van der Waals surface area contributed by atoms with E-state index in [4.69, 9.17) is 20.3 Å². The normalized spacial score (nSPS) is 15.6. The zero-order valence-electron chi connectivity index (χ0n) is 21.3. The third-order valence-corrected chi connectivity index (χ3v) is 5.72. The third kappa shape index (κ3) is 6.24. The molecule has 1 aliphatic heterocycles. The van der Waals surface area contributed by atoms with E-state index in [1.807, 2.05) is 45.0 Å². The molecule has 10 nitrogen and oxygen atoms in total. The van der Waals surface area contributed by atoms with Crippen molar-refractivity contribution in [3.63, 3.8) is 0 Å². The summed E-state index contributed by atoms with van der Waals surface area (Å²) in [6.45, 7) is 8.07. The number of nitrogens with one attached hydrogen (secondary N) is 1. The van der Waals surface area contributed by atoms with Crippen molar-refractivity contribution in [1.82, 2.24) is 19.7 Å². The third-order valence-electron chi connectivity index (χ3n) is 5.72. The van der Waals surface area contributed by atoms with Crippen LogP contribution in [0.25, 0.3) is 5.65 Å². The summed E-state index contributed by atoms with van der Waals surface area (Å²) in [5.74, 6) is 6.23. The van der Waals surface area contributed by atoms with E-state index in [1.165, 1.54) is 6.20 Å². The van der Waals surface area contributed by atoms with Gasteiger partial charge in [0.25, 0.3) is 0 Å². The monoisotopic (exact) mass is 490 g/mol. The molecule has 1 atom stereocenters. The molecule has 0 bridgehead atoms. The van der Waals surface area contributed by atoms with Crippen molar-refractivity contribution < 1.29 is 9.47 Å². The van der Waals surface area contributed by atoms with E-state index in [9.17, 15) is 5.26 Å². The minimum atomic E-state index is -0.499. The van der Waals surface area contributed by atoms with Gasteiger partial charge in [-0.2, -0.15) is 10.4 Å². The van der Waals surface area contributed by atoms with E-state index in [0.29, 0.717) is 34.2 Å². The van der Waals surface area contributed by atoms with Crippen LogP contribution in [0.15, 0.2) is 52.8 Å². The van der Waals surface area contributed by atoms with Crippen LogP contribution >= 0.6 is 0 Å². The van der Waals surface area contributed by atoms with Crippen LogP contribution in [0, 0.1) is 11.3 Å². The van der Waals surface area contributed by atoms with Crippen LogP contribution in [-0.2, 0) is 4.74 Å². The second-order valence-corrected chi connectivity index (χ2v) is 8.02. The van der Waals surface area contributed by atoms with Crippen molar-refractivity contribution in [2.75, 3.05) is 26.8 Å². The Morgan fingerprint density at radius 1 is 1.28 bits per heavy atom. The maximum absolute atomic E-state index is 9.63. The molecule has 1 unspecified atom stereocenters. The van der Waals surface area contributed by atoms with Crippen molar-refractivity contribution in [1.29, 1.82) is 5.26 Å². The fourth-order valence-corrected chi connectivity index (χ4v) is 4.07. The van der Waals surface area contributed by atoms with Gasteiger partial charge in [-0.3, -0.25) is 14.4 Å². The van der Waals surface area contributed by atoms with Gasteiger partial charge >= 0.3 is 0 Å². The number of hydrogen-bond donors (Lipinski definition) is 2. The van der Waals surface area contributed by atoms with E-state index in [0.717, 1.165) is 31.6 Å². The molecule has 1 saturated heterocycles. The van der Waals surface area contributed by atoms with Gasteiger partial charge in [0.2, 0.25) is 5.88 Å². The molecule has 36 heavy (non-hydrogen) atoms. The van der Waals surface area contributed by atoms with Gasteiger partial charge in [0, 0.05) is 24.9 Å². The van der Waals surface area contributed by atoms with Gasteiger partial charge in [-0.25, -0.2) is 4.98 Å². The van der Waals surface area contributed by atoms with Crippen LogP contribution in [0.4, 0.5) is 0 Å². The summed E-state index contributed by atoms with van der Waals surface area (Å²) in [5, 5.41) is 17.0. The van der Waals surface area contributed by atoms with Gasteiger partial charge in [0.1, 0.15) is 23.1 Å². The average Bonchev–Trinajstić information content (AvgIpc) is 3.34. The number of ether oxygens (including phenoxy) is 2. The van der Waals surface area contributed by atoms with Crippen LogP contribution in [0.1, 0.15) is 56.7 Å². The fraction of sp³-hybridized carbons (Fsp3) is 0.423. The summed E-state index contributed by atoms with van der Waals surface area (Å²) in [5.41, 5.74) is 3.59.